The van der Waals surface area contributed by atoms with E-state index in [1.165, 1.54) is 6.42 Å². The van der Waals surface area contributed by atoms with Gasteiger partial charge in [-0.2, -0.15) is 5.10 Å². The van der Waals surface area contributed by atoms with Crippen LogP contribution in [0.15, 0.2) is 12.3 Å². The predicted molar refractivity (Wildman–Crippen MR) is 73.2 cm³/mol. The average molecular weight is 250 g/mol. The Hall–Kier alpha value is -0.830. The third kappa shape index (κ3) is 2.61. The molecule has 1 fully saturated rings. The maximum Gasteiger partial charge on any atom is 0.107 e. The molecule has 1 heterocycles. The van der Waals surface area contributed by atoms with E-state index in [-0.39, 0.29) is 5.41 Å². The molecule has 102 valence electrons. The van der Waals surface area contributed by atoms with Crippen molar-refractivity contribution >= 4 is 0 Å². The van der Waals surface area contributed by atoms with Gasteiger partial charge in [0.1, 0.15) is 5.60 Å². The first-order chi connectivity index (χ1) is 8.36. The summed E-state index contributed by atoms with van der Waals surface area (Å²) in [5, 5.41) is 15.4. The van der Waals surface area contributed by atoms with Crippen molar-refractivity contribution < 1.29 is 5.11 Å². The zero-order chi connectivity index (χ0) is 13.4. The molecule has 0 amide bonds. The van der Waals surface area contributed by atoms with E-state index < -0.39 is 5.60 Å². The van der Waals surface area contributed by atoms with Crippen molar-refractivity contribution in [2.75, 3.05) is 0 Å². The summed E-state index contributed by atoms with van der Waals surface area (Å²) in [6.07, 6.45) is 5.74. The van der Waals surface area contributed by atoms with Crippen LogP contribution < -0.4 is 0 Å². The second kappa shape index (κ2) is 4.69. The van der Waals surface area contributed by atoms with E-state index in [0.29, 0.717) is 5.92 Å². The standard InChI is InChI=1S/C15H26N2O/c1-5-8-17-13(6-7-16-17)15(18)10-12(2)9-14(3,4)11-15/h6-7,12,18H,5,8-11H2,1-4H3. The van der Waals surface area contributed by atoms with Gasteiger partial charge in [-0.15, -0.1) is 0 Å². The van der Waals surface area contributed by atoms with Crippen LogP contribution in [0, 0.1) is 11.3 Å². The molecule has 0 radical (unpaired) electrons. The van der Waals surface area contributed by atoms with Crippen molar-refractivity contribution in [3.63, 3.8) is 0 Å². The van der Waals surface area contributed by atoms with Crippen LogP contribution >= 0.6 is 0 Å². The maximum absolute atomic E-state index is 11.1. The van der Waals surface area contributed by atoms with Gasteiger partial charge in [0.25, 0.3) is 0 Å². The summed E-state index contributed by atoms with van der Waals surface area (Å²) in [7, 11) is 0. The molecule has 1 aliphatic rings. The molecule has 0 spiro atoms. The maximum atomic E-state index is 11.1. The molecule has 3 nitrogen and oxygen atoms in total. The largest absolute Gasteiger partial charge is 0.384 e. The summed E-state index contributed by atoms with van der Waals surface area (Å²) in [6.45, 7) is 9.79. The summed E-state index contributed by atoms with van der Waals surface area (Å²) < 4.78 is 1.98. The zero-order valence-corrected chi connectivity index (χ0v) is 12.1. The molecule has 0 saturated heterocycles. The number of hydrogen-bond donors (Lipinski definition) is 1. The van der Waals surface area contributed by atoms with Gasteiger partial charge < -0.3 is 5.11 Å². The van der Waals surface area contributed by atoms with Gasteiger partial charge in [-0.1, -0.05) is 27.7 Å². The fourth-order valence-electron chi connectivity index (χ4n) is 3.84. The molecular formula is C15H26N2O. The van der Waals surface area contributed by atoms with Crippen molar-refractivity contribution in [3.05, 3.63) is 18.0 Å². The molecule has 0 aromatic carbocycles. The summed E-state index contributed by atoms with van der Waals surface area (Å²) in [5.41, 5.74) is 0.504. The van der Waals surface area contributed by atoms with E-state index in [1.54, 1.807) is 0 Å². The minimum Gasteiger partial charge on any atom is -0.384 e. The van der Waals surface area contributed by atoms with E-state index in [4.69, 9.17) is 0 Å². The average Bonchev–Trinajstić information content (AvgIpc) is 2.62. The van der Waals surface area contributed by atoms with Crippen LogP contribution in [0.25, 0.3) is 0 Å². The SMILES string of the molecule is CCCn1nccc1C1(O)CC(C)CC(C)(C)C1. The van der Waals surface area contributed by atoms with Gasteiger partial charge in [0.2, 0.25) is 0 Å². The second-order valence-corrected chi connectivity index (χ2v) is 6.83. The first-order valence-electron chi connectivity index (χ1n) is 7.11. The van der Waals surface area contributed by atoms with Crippen LogP contribution in [-0.2, 0) is 12.1 Å². The zero-order valence-electron chi connectivity index (χ0n) is 12.1. The van der Waals surface area contributed by atoms with Crippen molar-refractivity contribution in [2.45, 2.75) is 65.5 Å². The molecule has 3 heteroatoms. The first-order valence-corrected chi connectivity index (χ1v) is 7.11. The molecule has 1 aromatic rings. The quantitative estimate of drug-likeness (QED) is 0.893. The Balaban J connectivity index is 2.31. The Morgan fingerprint density at radius 3 is 2.78 bits per heavy atom. The van der Waals surface area contributed by atoms with E-state index in [1.807, 2.05) is 16.9 Å². The predicted octanol–water partition coefficient (Wildman–Crippen LogP) is 3.33. The molecule has 2 atom stereocenters. The van der Waals surface area contributed by atoms with Gasteiger partial charge in [0, 0.05) is 12.7 Å². The molecular weight excluding hydrogens is 224 g/mol. The lowest BCUT2D eigenvalue weighted by molar-refractivity contribution is -0.0694. The highest BCUT2D eigenvalue weighted by molar-refractivity contribution is 5.15. The third-order valence-electron chi connectivity index (χ3n) is 3.99. The minimum absolute atomic E-state index is 0.202. The number of nitrogens with zero attached hydrogens (tertiary/aromatic N) is 2. The first kappa shape index (κ1) is 13.6. The normalized spacial score (nSPS) is 31.5. The summed E-state index contributed by atoms with van der Waals surface area (Å²) in [6, 6.07) is 1.99. The molecule has 1 N–H and O–H groups in total. The molecule has 0 aliphatic heterocycles. The minimum atomic E-state index is -0.702. The van der Waals surface area contributed by atoms with Crippen LogP contribution in [0.2, 0.25) is 0 Å². The smallest absolute Gasteiger partial charge is 0.107 e. The Labute approximate surface area is 110 Å². The monoisotopic (exact) mass is 250 g/mol. The van der Waals surface area contributed by atoms with Gasteiger partial charge >= 0.3 is 0 Å². The van der Waals surface area contributed by atoms with Crippen molar-refractivity contribution in [1.29, 1.82) is 0 Å². The van der Waals surface area contributed by atoms with E-state index in [9.17, 15) is 5.11 Å². The van der Waals surface area contributed by atoms with Crippen molar-refractivity contribution in [3.8, 4) is 0 Å². The third-order valence-corrected chi connectivity index (χ3v) is 3.99. The van der Waals surface area contributed by atoms with E-state index in [0.717, 1.165) is 31.5 Å². The van der Waals surface area contributed by atoms with Crippen LogP contribution in [0.3, 0.4) is 0 Å². The van der Waals surface area contributed by atoms with Gasteiger partial charge in [0.05, 0.1) is 5.69 Å². The fourth-order valence-corrected chi connectivity index (χ4v) is 3.84. The van der Waals surface area contributed by atoms with Gasteiger partial charge in [-0.25, -0.2) is 0 Å². The number of aromatic nitrogens is 2. The second-order valence-electron chi connectivity index (χ2n) is 6.83. The number of hydrogen-bond acceptors (Lipinski definition) is 2. The van der Waals surface area contributed by atoms with Crippen LogP contribution in [-0.4, -0.2) is 14.9 Å². The molecule has 0 bridgehead atoms. The lowest BCUT2D eigenvalue weighted by Crippen LogP contribution is -2.41. The Morgan fingerprint density at radius 2 is 2.17 bits per heavy atom. The van der Waals surface area contributed by atoms with Crippen LogP contribution in [0.1, 0.15) is 59.1 Å². The van der Waals surface area contributed by atoms with E-state index in [2.05, 4.69) is 32.8 Å². The van der Waals surface area contributed by atoms with Crippen molar-refractivity contribution in [1.82, 2.24) is 9.78 Å². The summed E-state index contributed by atoms with van der Waals surface area (Å²) in [4.78, 5) is 0. The Bertz CT molecular complexity index is 410. The van der Waals surface area contributed by atoms with Gasteiger partial charge in [-0.3, -0.25) is 4.68 Å². The van der Waals surface area contributed by atoms with Crippen LogP contribution in [0.5, 0.6) is 0 Å². The van der Waals surface area contributed by atoms with Crippen molar-refractivity contribution in [2.24, 2.45) is 11.3 Å². The molecule has 1 saturated carbocycles. The summed E-state index contributed by atoms with van der Waals surface area (Å²) >= 11 is 0. The van der Waals surface area contributed by atoms with E-state index >= 15 is 0 Å². The highest BCUT2D eigenvalue weighted by atomic mass is 16.3. The number of aliphatic hydroxyl groups is 1. The molecule has 1 aromatic heterocycles. The highest BCUT2D eigenvalue weighted by Gasteiger charge is 2.44. The van der Waals surface area contributed by atoms with Gasteiger partial charge in [0.15, 0.2) is 0 Å². The molecule has 2 unspecified atom stereocenters. The molecule has 1 aliphatic carbocycles. The highest BCUT2D eigenvalue weighted by Crippen LogP contribution is 2.48. The summed E-state index contributed by atoms with van der Waals surface area (Å²) in [5.74, 6) is 0.559. The number of aryl methyl sites for hydroxylation is 1. The fraction of sp³-hybridized carbons (Fsp3) is 0.800. The molecule has 2 rings (SSSR count). The molecule has 18 heavy (non-hydrogen) atoms. The lowest BCUT2D eigenvalue weighted by atomic mass is 9.65. The Morgan fingerprint density at radius 1 is 1.44 bits per heavy atom. The van der Waals surface area contributed by atoms with Crippen LogP contribution in [0.4, 0.5) is 0 Å². The lowest BCUT2D eigenvalue weighted by Gasteiger charge is -2.44. The van der Waals surface area contributed by atoms with Gasteiger partial charge in [-0.05, 0) is 43.1 Å². The number of rotatable bonds is 3. The Kier molecular flexibility index (Phi) is 3.54. The topological polar surface area (TPSA) is 38.0 Å².